The molecule has 0 aliphatic heterocycles. The lowest BCUT2D eigenvalue weighted by atomic mass is 10.2. The largest absolute Gasteiger partial charge is 0.332 e. The maximum absolute atomic E-state index is 12.1. The lowest BCUT2D eigenvalue weighted by molar-refractivity contribution is -0.115. The molecule has 0 atom stereocenters. The van der Waals surface area contributed by atoms with E-state index < -0.39 is 10.0 Å². The molecule has 0 spiro atoms. The predicted molar refractivity (Wildman–Crippen MR) is 112 cm³/mol. The zero-order chi connectivity index (χ0) is 19.9. The molecule has 0 fully saturated rings. The van der Waals surface area contributed by atoms with Crippen molar-refractivity contribution in [2.45, 2.75) is 24.8 Å². The van der Waals surface area contributed by atoms with Gasteiger partial charge in [0.2, 0.25) is 15.9 Å². The van der Waals surface area contributed by atoms with Gasteiger partial charge in [0.15, 0.2) is 5.11 Å². The molecule has 0 radical (unpaired) electrons. The van der Waals surface area contributed by atoms with Gasteiger partial charge >= 0.3 is 0 Å². The summed E-state index contributed by atoms with van der Waals surface area (Å²) in [5, 5.41) is 5.49. The number of amides is 1. The van der Waals surface area contributed by atoms with Crippen LogP contribution in [0.2, 0.25) is 0 Å². The Kier molecular flexibility index (Phi) is 7.23. The van der Waals surface area contributed by atoms with Gasteiger partial charge in [0.05, 0.1) is 4.90 Å². The monoisotopic (exact) mass is 403 g/mol. The Morgan fingerprint density at radius 1 is 1.04 bits per heavy atom. The summed E-state index contributed by atoms with van der Waals surface area (Å²) in [5.74, 6) is -0.364. The summed E-state index contributed by atoms with van der Waals surface area (Å²) in [6.07, 6.45) is 3.07. The second kappa shape index (κ2) is 9.40. The fourth-order valence-electron chi connectivity index (χ4n) is 2.15. The summed E-state index contributed by atoms with van der Waals surface area (Å²) >= 11 is 5.10. The first kappa shape index (κ1) is 20.8. The molecule has 3 N–H and O–H groups in total. The highest BCUT2D eigenvalue weighted by atomic mass is 32.2. The van der Waals surface area contributed by atoms with E-state index in [4.69, 9.17) is 12.2 Å². The quantitative estimate of drug-likeness (QED) is 0.510. The van der Waals surface area contributed by atoms with Crippen LogP contribution in [0.15, 0.2) is 65.6 Å². The molecule has 6 nitrogen and oxygen atoms in total. The van der Waals surface area contributed by atoms with Gasteiger partial charge in [-0.1, -0.05) is 30.3 Å². The molecule has 0 saturated carbocycles. The average molecular weight is 404 g/mol. The summed E-state index contributed by atoms with van der Waals surface area (Å²) in [4.78, 5) is 12.0. The van der Waals surface area contributed by atoms with E-state index in [2.05, 4.69) is 15.4 Å². The highest BCUT2D eigenvalue weighted by Gasteiger charge is 2.15. The number of hydrogen-bond donors (Lipinski definition) is 3. The van der Waals surface area contributed by atoms with Crippen molar-refractivity contribution in [1.29, 1.82) is 0 Å². The first-order valence-electron chi connectivity index (χ1n) is 8.24. The number of carbonyl (C=O) groups is 1. The zero-order valence-electron chi connectivity index (χ0n) is 15.0. The summed E-state index contributed by atoms with van der Waals surface area (Å²) in [6, 6.07) is 15.3. The highest BCUT2D eigenvalue weighted by molar-refractivity contribution is 7.89. The molecule has 0 aliphatic carbocycles. The Hall–Kier alpha value is -2.55. The van der Waals surface area contributed by atoms with E-state index in [-0.39, 0.29) is 22.0 Å². The van der Waals surface area contributed by atoms with Crippen LogP contribution < -0.4 is 15.4 Å². The van der Waals surface area contributed by atoms with Crippen LogP contribution in [0.4, 0.5) is 5.69 Å². The number of thiocarbonyl (C=S) groups is 1. The third-order valence-corrected chi connectivity index (χ3v) is 5.16. The molecule has 142 valence electrons. The Morgan fingerprint density at radius 2 is 1.67 bits per heavy atom. The molecule has 8 heteroatoms. The fourth-order valence-corrected chi connectivity index (χ4v) is 3.62. The van der Waals surface area contributed by atoms with Crippen molar-refractivity contribution in [2.75, 3.05) is 5.32 Å². The SMILES string of the molecule is CC(C)NS(=O)(=O)c1ccc(NC(=S)NC(=O)C=Cc2ccccc2)cc1. The first-order valence-corrected chi connectivity index (χ1v) is 10.1. The van der Waals surface area contributed by atoms with Gasteiger partial charge in [0, 0.05) is 17.8 Å². The Bertz CT molecular complexity index is 922. The number of nitrogens with one attached hydrogen (secondary N) is 3. The molecule has 0 aliphatic rings. The minimum Gasteiger partial charge on any atom is -0.332 e. The van der Waals surface area contributed by atoms with Crippen LogP contribution in [0.1, 0.15) is 19.4 Å². The second-order valence-electron chi connectivity index (χ2n) is 5.99. The van der Waals surface area contributed by atoms with Gasteiger partial charge in [-0.15, -0.1) is 0 Å². The van der Waals surface area contributed by atoms with Crippen LogP contribution in [-0.4, -0.2) is 25.5 Å². The van der Waals surface area contributed by atoms with E-state index in [0.29, 0.717) is 5.69 Å². The molecule has 27 heavy (non-hydrogen) atoms. The summed E-state index contributed by atoms with van der Waals surface area (Å²) in [6.45, 7) is 3.50. The molecule has 0 saturated heterocycles. The van der Waals surface area contributed by atoms with Crippen LogP contribution in [0, 0.1) is 0 Å². The lowest BCUT2D eigenvalue weighted by Crippen LogP contribution is -2.33. The van der Waals surface area contributed by atoms with Crippen molar-refractivity contribution >= 4 is 45.0 Å². The second-order valence-corrected chi connectivity index (χ2v) is 8.11. The minimum atomic E-state index is -3.55. The van der Waals surface area contributed by atoms with Gasteiger partial charge in [0.25, 0.3) is 0 Å². The number of anilines is 1. The number of carbonyl (C=O) groups excluding carboxylic acids is 1. The normalized spacial score (nSPS) is 11.5. The summed E-state index contributed by atoms with van der Waals surface area (Å²) in [5.41, 5.74) is 1.47. The van der Waals surface area contributed by atoms with Crippen molar-refractivity contribution in [3.8, 4) is 0 Å². The van der Waals surface area contributed by atoms with Crippen LogP contribution in [0.5, 0.6) is 0 Å². The van der Waals surface area contributed by atoms with Crippen LogP contribution >= 0.6 is 12.2 Å². The van der Waals surface area contributed by atoms with E-state index >= 15 is 0 Å². The van der Waals surface area contributed by atoms with Gasteiger partial charge < -0.3 is 5.32 Å². The van der Waals surface area contributed by atoms with Crippen molar-refractivity contribution in [2.24, 2.45) is 0 Å². The van der Waals surface area contributed by atoms with E-state index in [9.17, 15) is 13.2 Å². The van der Waals surface area contributed by atoms with Crippen molar-refractivity contribution in [3.05, 3.63) is 66.2 Å². The molecule has 0 heterocycles. The number of rotatable bonds is 6. The minimum absolute atomic E-state index is 0.119. The summed E-state index contributed by atoms with van der Waals surface area (Å²) < 4.78 is 26.7. The zero-order valence-corrected chi connectivity index (χ0v) is 16.6. The van der Waals surface area contributed by atoms with Crippen LogP contribution in [0.25, 0.3) is 6.08 Å². The molecule has 2 aromatic carbocycles. The molecule has 0 aromatic heterocycles. The standard InChI is InChI=1S/C19H21N3O3S2/c1-14(2)22-27(24,25)17-11-9-16(10-12-17)20-19(26)21-18(23)13-8-15-6-4-3-5-7-15/h3-14,22H,1-2H3,(H2,20,21,23,26). The fraction of sp³-hybridized carbons (Fsp3) is 0.158. The number of hydrogen-bond acceptors (Lipinski definition) is 4. The molecule has 1 amide bonds. The number of sulfonamides is 1. The van der Waals surface area contributed by atoms with Crippen LogP contribution in [0.3, 0.4) is 0 Å². The predicted octanol–water partition coefficient (Wildman–Crippen LogP) is 2.90. The molecule has 2 rings (SSSR count). The summed E-state index contributed by atoms with van der Waals surface area (Å²) in [7, 11) is -3.55. The van der Waals surface area contributed by atoms with E-state index in [1.54, 1.807) is 32.1 Å². The highest BCUT2D eigenvalue weighted by Crippen LogP contribution is 2.14. The third kappa shape index (κ3) is 6.93. The van der Waals surface area contributed by atoms with Gasteiger partial charge in [-0.2, -0.15) is 0 Å². The third-order valence-electron chi connectivity index (χ3n) is 3.28. The molecule has 0 bridgehead atoms. The number of benzene rings is 2. The van der Waals surface area contributed by atoms with E-state index in [0.717, 1.165) is 5.56 Å². The molecular weight excluding hydrogens is 382 g/mol. The molecule has 0 unspecified atom stereocenters. The van der Waals surface area contributed by atoms with Crippen LogP contribution in [-0.2, 0) is 14.8 Å². The smallest absolute Gasteiger partial charge is 0.250 e. The maximum Gasteiger partial charge on any atom is 0.250 e. The molecular formula is C19H21N3O3S2. The van der Waals surface area contributed by atoms with Crippen molar-refractivity contribution < 1.29 is 13.2 Å². The van der Waals surface area contributed by atoms with Gasteiger partial charge in [-0.25, -0.2) is 13.1 Å². The van der Waals surface area contributed by atoms with E-state index in [1.807, 2.05) is 30.3 Å². The maximum atomic E-state index is 12.1. The Labute approximate surface area is 164 Å². The van der Waals surface area contributed by atoms with Gasteiger partial charge in [-0.05, 0) is 62.0 Å². The van der Waals surface area contributed by atoms with Gasteiger partial charge in [-0.3, -0.25) is 10.1 Å². The Balaban J connectivity index is 1.92. The molecule has 2 aromatic rings. The van der Waals surface area contributed by atoms with Gasteiger partial charge in [0.1, 0.15) is 0 Å². The first-order chi connectivity index (χ1) is 12.8. The van der Waals surface area contributed by atoms with Crippen molar-refractivity contribution in [1.82, 2.24) is 10.0 Å². The Morgan fingerprint density at radius 3 is 2.26 bits per heavy atom. The lowest BCUT2D eigenvalue weighted by Gasteiger charge is -2.11. The van der Waals surface area contributed by atoms with Crippen molar-refractivity contribution in [3.63, 3.8) is 0 Å². The topological polar surface area (TPSA) is 87.3 Å². The van der Waals surface area contributed by atoms with E-state index in [1.165, 1.54) is 18.2 Å². The average Bonchev–Trinajstić information content (AvgIpc) is 2.60.